The monoisotopic (exact) mass is 292 g/mol. The molecular formula is C15H20N2O4. The molecule has 6 nitrogen and oxygen atoms in total. The van der Waals surface area contributed by atoms with Crippen LogP contribution in [-0.4, -0.2) is 38.2 Å². The molecular weight excluding hydrogens is 272 g/mol. The SMILES string of the molecule is COCn1nc(C)cc1-c1cc(OC)c(OC)c(OC)c1. The summed E-state index contributed by atoms with van der Waals surface area (Å²) in [6.07, 6.45) is 0. The van der Waals surface area contributed by atoms with Crippen molar-refractivity contribution < 1.29 is 18.9 Å². The van der Waals surface area contributed by atoms with Gasteiger partial charge in [-0.1, -0.05) is 0 Å². The zero-order valence-corrected chi connectivity index (χ0v) is 13.0. The Morgan fingerprint density at radius 3 is 2.05 bits per heavy atom. The van der Waals surface area contributed by atoms with Gasteiger partial charge in [-0.25, -0.2) is 4.68 Å². The van der Waals surface area contributed by atoms with Crippen LogP contribution in [0.4, 0.5) is 0 Å². The molecule has 0 atom stereocenters. The summed E-state index contributed by atoms with van der Waals surface area (Å²) < 4.78 is 23.1. The normalized spacial score (nSPS) is 10.5. The largest absolute Gasteiger partial charge is 0.493 e. The Morgan fingerprint density at radius 2 is 1.57 bits per heavy atom. The summed E-state index contributed by atoms with van der Waals surface area (Å²) in [5, 5.41) is 4.41. The lowest BCUT2D eigenvalue weighted by atomic mass is 10.1. The zero-order valence-electron chi connectivity index (χ0n) is 13.0. The van der Waals surface area contributed by atoms with Crippen LogP contribution in [0, 0.1) is 6.92 Å². The summed E-state index contributed by atoms with van der Waals surface area (Å²) in [6, 6.07) is 5.77. The van der Waals surface area contributed by atoms with Crippen molar-refractivity contribution in [3.05, 3.63) is 23.9 Å². The third-order valence-electron chi connectivity index (χ3n) is 3.11. The van der Waals surface area contributed by atoms with Gasteiger partial charge in [0, 0.05) is 12.7 Å². The van der Waals surface area contributed by atoms with Crippen LogP contribution in [0.5, 0.6) is 17.2 Å². The summed E-state index contributed by atoms with van der Waals surface area (Å²) >= 11 is 0. The van der Waals surface area contributed by atoms with Crippen molar-refractivity contribution in [2.75, 3.05) is 28.4 Å². The van der Waals surface area contributed by atoms with Crippen LogP contribution in [-0.2, 0) is 11.5 Å². The summed E-state index contributed by atoms with van der Waals surface area (Å²) in [5.74, 6) is 1.78. The van der Waals surface area contributed by atoms with E-state index in [-0.39, 0.29) is 0 Å². The summed E-state index contributed by atoms with van der Waals surface area (Å²) in [4.78, 5) is 0. The second-order valence-corrected chi connectivity index (χ2v) is 4.50. The maximum Gasteiger partial charge on any atom is 0.203 e. The molecule has 0 amide bonds. The molecule has 2 aromatic rings. The van der Waals surface area contributed by atoms with E-state index in [4.69, 9.17) is 18.9 Å². The van der Waals surface area contributed by atoms with Gasteiger partial charge in [0.1, 0.15) is 6.73 Å². The van der Waals surface area contributed by atoms with E-state index in [1.54, 1.807) is 33.1 Å². The van der Waals surface area contributed by atoms with E-state index in [0.717, 1.165) is 17.0 Å². The first-order valence-electron chi connectivity index (χ1n) is 6.48. The molecule has 21 heavy (non-hydrogen) atoms. The molecule has 0 radical (unpaired) electrons. The minimum absolute atomic E-state index is 0.375. The number of nitrogens with zero attached hydrogens (tertiary/aromatic N) is 2. The average molecular weight is 292 g/mol. The van der Waals surface area contributed by atoms with Crippen molar-refractivity contribution in [1.82, 2.24) is 9.78 Å². The molecule has 114 valence electrons. The standard InChI is InChI=1S/C15H20N2O4/c1-10-6-12(17(16-10)9-18-2)11-7-13(19-3)15(21-5)14(8-11)20-4/h6-8H,9H2,1-5H3. The van der Waals surface area contributed by atoms with Gasteiger partial charge >= 0.3 is 0 Å². The number of rotatable bonds is 6. The molecule has 0 saturated carbocycles. The molecule has 1 aromatic carbocycles. The van der Waals surface area contributed by atoms with Crippen molar-refractivity contribution in [1.29, 1.82) is 0 Å². The number of hydrogen-bond acceptors (Lipinski definition) is 5. The van der Waals surface area contributed by atoms with Crippen LogP contribution < -0.4 is 14.2 Å². The third-order valence-corrected chi connectivity index (χ3v) is 3.11. The molecule has 2 rings (SSSR count). The highest BCUT2D eigenvalue weighted by Gasteiger charge is 2.16. The highest BCUT2D eigenvalue weighted by Crippen LogP contribution is 2.41. The van der Waals surface area contributed by atoms with Crippen molar-refractivity contribution in [3.63, 3.8) is 0 Å². The fourth-order valence-electron chi connectivity index (χ4n) is 2.23. The van der Waals surface area contributed by atoms with Gasteiger partial charge in [-0.05, 0) is 25.1 Å². The molecule has 0 unspecified atom stereocenters. The van der Waals surface area contributed by atoms with Gasteiger partial charge < -0.3 is 18.9 Å². The van der Waals surface area contributed by atoms with E-state index < -0.39 is 0 Å². The van der Waals surface area contributed by atoms with Crippen LogP contribution in [0.2, 0.25) is 0 Å². The Kier molecular flexibility index (Phi) is 4.70. The Morgan fingerprint density at radius 1 is 0.952 bits per heavy atom. The van der Waals surface area contributed by atoms with E-state index >= 15 is 0 Å². The van der Waals surface area contributed by atoms with E-state index in [1.807, 2.05) is 25.1 Å². The molecule has 0 saturated heterocycles. The van der Waals surface area contributed by atoms with Gasteiger partial charge in [0.05, 0.1) is 32.7 Å². The number of hydrogen-bond donors (Lipinski definition) is 0. The molecule has 0 aliphatic rings. The van der Waals surface area contributed by atoms with Crippen LogP contribution in [0.1, 0.15) is 5.69 Å². The Balaban J connectivity index is 2.58. The topological polar surface area (TPSA) is 54.7 Å². The molecule has 0 fully saturated rings. The summed E-state index contributed by atoms with van der Waals surface area (Å²) in [6.45, 7) is 2.31. The summed E-state index contributed by atoms with van der Waals surface area (Å²) in [7, 11) is 6.41. The fraction of sp³-hybridized carbons (Fsp3) is 0.400. The molecule has 0 bridgehead atoms. The highest BCUT2D eigenvalue weighted by molar-refractivity contribution is 5.69. The first kappa shape index (κ1) is 15.2. The molecule has 0 spiro atoms. The number of aromatic nitrogens is 2. The third kappa shape index (κ3) is 2.95. The molecule has 1 heterocycles. The second kappa shape index (κ2) is 6.49. The van der Waals surface area contributed by atoms with Gasteiger partial charge in [-0.3, -0.25) is 0 Å². The Bertz CT molecular complexity index is 597. The van der Waals surface area contributed by atoms with Gasteiger partial charge in [0.25, 0.3) is 0 Å². The fourth-order valence-corrected chi connectivity index (χ4v) is 2.23. The van der Waals surface area contributed by atoms with E-state index in [1.165, 1.54) is 0 Å². The lowest BCUT2D eigenvalue weighted by molar-refractivity contribution is 0.122. The van der Waals surface area contributed by atoms with Crippen molar-refractivity contribution >= 4 is 0 Å². The van der Waals surface area contributed by atoms with Crippen molar-refractivity contribution in [2.24, 2.45) is 0 Å². The van der Waals surface area contributed by atoms with Crippen molar-refractivity contribution in [3.8, 4) is 28.5 Å². The van der Waals surface area contributed by atoms with Gasteiger partial charge in [0.15, 0.2) is 11.5 Å². The van der Waals surface area contributed by atoms with E-state index in [9.17, 15) is 0 Å². The van der Waals surface area contributed by atoms with Crippen LogP contribution in [0.3, 0.4) is 0 Å². The first-order chi connectivity index (χ1) is 10.1. The molecule has 0 N–H and O–H groups in total. The maximum atomic E-state index is 5.38. The van der Waals surface area contributed by atoms with Crippen molar-refractivity contribution in [2.45, 2.75) is 13.7 Å². The zero-order chi connectivity index (χ0) is 15.4. The summed E-state index contributed by atoms with van der Waals surface area (Å²) in [5.41, 5.74) is 2.76. The first-order valence-corrected chi connectivity index (χ1v) is 6.48. The lowest BCUT2D eigenvalue weighted by Gasteiger charge is -2.14. The average Bonchev–Trinajstić information content (AvgIpc) is 2.86. The number of aryl methyl sites for hydroxylation is 1. The number of benzene rings is 1. The molecule has 6 heteroatoms. The lowest BCUT2D eigenvalue weighted by Crippen LogP contribution is -2.04. The smallest absolute Gasteiger partial charge is 0.203 e. The van der Waals surface area contributed by atoms with E-state index in [0.29, 0.717) is 24.0 Å². The predicted octanol–water partition coefficient (Wildman–Crippen LogP) is 2.49. The van der Waals surface area contributed by atoms with Crippen LogP contribution >= 0.6 is 0 Å². The second-order valence-electron chi connectivity index (χ2n) is 4.50. The van der Waals surface area contributed by atoms with E-state index in [2.05, 4.69) is 5.10 Å². The maximum absolute atomic E-state index is 5.38. The molecule has 0 aliphatic heterocycles. The minimum atomic E-state index is 0.375. The van der Waals surface area contributed by atoms with Crippen LogP contribution in [0.15, 0.2) is 18.2 Å². The van der Waals surface area contributed by atoms with Gasteiger partial charge in [-0.15, -0.1) is 0 Å². The van der Waals surface area contributed by atoms with Gasteiger partial charge in [-0.2, -0.15) is 5.10 Å². The Hall–Kier alpha value is -2.21. The quantitative estimate of drug-likeness (QED) is 0.818. The number of ether oxygens (including phenoxy) is 4. The minimum Gasteiger partial charge on any atom is -0.493 e. The molecule has 0 aliphatic carbocycles. The highest BCUT2D eigenvalue weighted by atomic mass is 16.5. The van der Waals surface area contributed by atoms with Gasteiger partial charge in [0.2, 0.25) is 5.75 Å². The molecule has 1 aromatic heterocycles. The predicted molar refractivity (Wildman–Crippen MR) is 79.1 cm³/mol. The van der Waals surface area contributed by atoms with Crippen LogP contribution in [0.25, 0.3) is 11.3 Å². The number of methoxy groups -OCH3 is 4. The Labute approximate surface area is 124 Å².